The van der Waals surface area contributed by atoms with Gasteiger partial charge in [-0.1, -0.05) is 25.3 Å². The number of ether oxygens (including phenoxy) is 1. The summed E-state index contributed by atoms with van der Waals surface area (Å²) in [6, 6.07) is 8.30. The number of aromatic nitrogens is 2. The molecule has 42 heavy (non-hydrogen) atoms. The number of carbonyl (C=O) groups is 2. The van der Waals surface area contributed by atoms with Crippen LogP contribution in [-0.2, 0) is 11.3 Å². The summed E-state index contributed by atoms with van der Waals surface area (Å²) in [7, 11) is 0. The van der Waals surface area contributed by atoms with E-state index < -0.39 is 17.9 Å². The van der Waals surface area contributed by atoms with E-state index in [1.807, 2.05) is 24.4 Å². The Labute approximate surface area is 255 Å². The van der Waals surface area contributed by atoms with Gasteiger partial charge in [0.15, 0.2) is 0 Å². The highest BCUT2D eigenvalue weighted by Crippen LogP contribution is 2.40. The number of carbonyl (C=O) groups excluding carboxylic acids is 2. The Balaban J connectivity index is 0.000000616. The zero-order valence-corrected chi connectivity index (χ0v) is 26.5. The van der Waals surface area contributed by atoms with Crippen molar-refractivity contribution in [1.82, 2.24) is 20.0 Å². The molecule has 3 amide bonds. The maximum Gasteiger partial charge on any atom is 0.404 e. The number of benzene rings is 1. The SMILES string of the molecule is CC(C)(C)NSc1cc(NC(=O)NCc2ncccc2F)ccc1-c1cnc(C2CCCCC2)s1.CC(C)OC(N)=O. The molecule has 1 aromatic carbocycles. The molecule has 0 radical (unpaired) electrons. The van der Waals surface area contributed by atoms with Crippen LogP contribution in [0.2, 0.25) is 0 Å². The van der Waals surface area contributed by atoms with Crippen LogP contribution in [-0.4, -0.2) is 33.7 Å². The van der Waals surface area contributed by atoms with Gasteiger partial charge in [0.1, 0.15) is 5.82 Å². The van der Waals surface area contributed by atoms with Crippen molar-refractivity contribution in [2.75, 3.05) is 5.32 Å². The third-order valence-electron chi connectivity index (χ3n) is 6.05. The molecule has 0 bridgehead atoms. The molecule has 228 valence electrons. The molecule has 9 nitrogen and oxygen atoms in total. The van der Waals surface area contributed by atoms with E-state index in [0.717, 1.165) is 15.3 Å². The fourth-order valence-corrected chi connectivity index (χ4v) is 6.25. The predicted molar refractivity (Wildman–Crippen MR) is 168 cm³/mol. The average molecular weight is 617 g/mol. The van der Waals surface area contributed by atoms with E-state index in [1.165, 1.54) is 55.4 Å². The first-order chi connectivity index (χ1) is 19.9. The van der Waals surface area contributed by atoms with Gasteiger partial charge in [-0.05, 0) is 83.7 Å². The van der Waals surface area contributed by atoms with E-state index in [4.69, 9.17) is 4.98 Å². The molecule has 0 saturated heterocycles. The summed E-state index contributed by atoms with van der Waals surface area (Å²) >= 11 is 3.32. The summed E-state index contributed by atoms with van der Waals surface area (Å²) in [6.45, 7) is 9.82. The lowest BCUT2D eigenvalue weighted by molar-refractivity contribution is 0.125. The molecule has 5 N–H and O–H groups in total. The first kappa shape index (κ1) is 33.3. The fourth-order valence-electron chi connectivity index (χ4n) is 4.17. The van der Waals surface area contributed by atoms with E-state index in [0.29, 0.717) is 11.6 Å². The lowest BCUT2D eigenvalue weighted by atomic mass is 9.90. The molecule has 1 aliphatic rings. The molecule has 1 fully saturated rings. The summed E-state index contributed by atoms with van der Waals surface area (Å²) in [5.74, 6) is 0.126. The lowest BCUT2D eigenvalue weighted by Gasteiger charge is -2.21. The van der Waals surface area contributed by atoms with Gasteiger partial charge in [0.25, 0.3) is 0 Å². The summed E-state index contributed by atoms with van der Waals surface area (Å²) in [5.41, 5.74) is 6.49. The molecule has 0 aliphatic heterocycles. The van der Waals surface area contributed by atoms with E-state index in [9.17, 15) is 14.0 Å². The summed E-state index contributed by atoms with van der Waals surface area (Å²) in [6.07, 6.45) is 9.01. The van der Waals surface area contributed by atoms with Crippen LogP contribution in [0.4, 0.5) is 19.7 Å². The monoisotopic (exact) mass is 616 g/mol. The van der Waals surface area contributed by atoms with E-state index in [2.05, 4.69) is 51.6 Å². The van der Waals surface area contributed by atoms with Crippen LogP contribution in [0.5, 0.6) is 0 Å². The van der Waals surface area contributed by atoms with Crippen LogP contribution in [0, 0.1) is 5.82 Å². The van der Waals surface area contributed by atoms with Gasteiger partial charge in [-0.15, -0.1) is 11.3 Å². The number of nitrogens with zero attached hydrogens (tertiary/aromatic N) is 2. The van der Waals surface area contributed by atoms with Crippen LogP contribution in [0.1, 0.15) is 83.3 Å². The number of hydrogen-bond acceptors (Lipinski definition) is 8. The van der Waals surface area contributed by atoms with Gasteiger partial charge >= 0.3 is 12.1 Å². The largest absolute Gasteiger partial charge is 0.447 e. The lowest BCUT2D eigenvalue weighted by Crippen LogP contribution is -2.30. The first-order valence-corrected chi connectivity index (χ1v) is 15.7. The first-order valence-electron chi connectivity index (χ1n) is 14.1. The Bertz CT molecular complexity index is 1320. The Kier molecular flexibility index (Phi) is 12.6. The maximum absolute atomic E-state index is 13.8. The number of pyridine rings is 1. The quantitative estimate of drug-likeness (QED) is 0.192. The second-order valence-corrected chi connectivity index (χ2v) is 13.2. The molecule has 2 heterocycles. The molecule has 0 unspecified atom stereocenters. The number of nitrogens with two attached hydrogens (primary N) is 1. The van der Waals surface area contributed by atoms with Crippen LogP contribution in [0.3, 0.4) is 0 Å². The zero-order valence-electron chi connectivity index (χ0n) is 24.8. The molecule has 3 aromatic rings. The normalized spacial score (nSPS) is 13.7. The van der Waals surface area contributed by atoms with Crippen molar-refractivity contribution in [1.29, 1.82) is 0 Å². The number of urea groups is 1. The Morgan fingerprint density at radius 3 is 2.52 bits per heavy atom. The summed E-state index contributed by atoms with van der Waals surface area (Å²) in [4.78, 5) is 33.1. The minimum atomic E-state index is -0.713. The third-order valence-corrected chi connectivity index (χ3v) is 8.52. The van der Waals surface area contributed by atoms with Crippen LogP contribution < -0.4 is 21.1 Å². The molecule has 12 heteroatoms. The van der Waals surface area contributed by atoms with Crippen LogP contribution in [0.25, 0.3) is 10.4 Å². The Morgan fingerprint density at radius 2 is 1.90 bits per heavy atom. The highest BCUT2D eigenvalue weighted by molar-refractivity contribution is 7.97. The van der Waals surface area contributed by atoms with Gasteiger partial charge in [-0.2, -0.15) is 0 Å². The van der Waals surface area contributed by atoms with Crippen molar-refractivity contribution in [3.8, 4) is 10.4 Å². The maximum atomic E-state index is 13.8. The fraction of sp³-hybridized carbons (Fsp3) is 0.467. The highest BCUT2D eigenvalue weighted by Gasteiger charge is 2.21. The van der Waals surface area contributed by atoms with Crippen LogP contribution >= 0.6 is 23.3 Å². The second-order valence-electron chi connectivity index (χ2n) is 11.3. The molecule has 0 atom stereocenters. The summed E-state index contributed by atoms with van der Waals surface area (Å²) < 4.78 is 21.6. The van der Waals surface area contributed by atoms with Crippen molar-refractivity contribution < 1.29 is 18.7 Å². The van der Waals surface area contributed by atoms with E-state index in [1.54, 1.807) is 37.1 Å². The molecule has 4 rings (SSSR count). The number of thiazole rings is 1. The van der Waals surface area contributed by atoms with Gasteiger partial charge in [0, 0.05) is 40.0 Å². The highest BCUT2D eigenvalue weighted by atomic mass is 32.2. The topological polar surface area (TPSA) is 131 Å². The van der Waals surface area contributed by atoms with Crippen LogP contribution in [0.15, 0.2) is 47.6 Å². The van der Waals surface area contributed by atoms with Crippen molar-refractivity contribution in [3.63, 3.8) is 0 Å². The zero-order chi connectivity index (χ0) is 30.7. The van der Waals surface area contributed by atoms with Gasteiger partial charge in [0.2, 0.25) is 0 Å². The average Bonchev–Trinajstić information content (AvgIpc) is 3.41. The second kappa shape index (κ2) is 15.9. The standard InChI is InChI=1S/C26H32FN5OS2.C4H9NO2/c1-26(2,3)32-35-22-14-18(31-25(33)30-15-21-20(27)10-7-13-28-21)11-12-19(22)23-16-29-24(34-23)17-8-5-4-6-9-17;1-3(2)7-4(5)6/h7,10-14,16-17,32H,4-6,8-9,15H2,1-3H3,(H2,30,31,33);3H,1-2H3,(H2,5,6). The predicted octanol–water partition coefficient (Wildman–Crippen LogP) is 7.60. The number of primary amides is 1. The van der Waals surface area contributed by atoms with Crippen molar-refractivity contribution in [3.05, 3.63) is 59.2 Å². The van der Waals surface area contributed by atoms with Crippen molar-refractivity contribution >= 4 is 41.1 Å². The molecule has 1 saturated carbocycles. The number of hydrogen-bond donors (Lipinski definition) is 4. The molecular formula is C30H41FN6O3S2. The number of amides is 3. The minimum absolute atomic E-state index is 0.00852. The third kappa shape index (κ3) is 11.2. The molecular weight excluding hydrogens is 576 g/mol. The van der Waals surface area contributed by atoms with Gasteiger partial charge < -0.3 is 21.1 Å². The Morgan fingerprint density at radius 1 is 1.17 bits per heavy atom. The van der Waals surface area contributed by atoms with Gasteiger partial charge in [-0.3, -0.25) is 9.71 Å². The number of halogens is 1. The van der Waals surface area contributed by atoms with Crippen molar-refractivity contribution in [2.24, 2.45) is 5.73 Å². The summed E-state index contributed by atoms with van der Waals surface area (Å²) in [5, 5.41) is 6.74. The molecule has 1 aliphatic carbocycles. The number of anilines is 1. The number of rotatable bonds is 8. The minimum Gasteiger partial charge on any atom is -0.447 e. The smallest absolute Gasteiger partial charge is 0.404 e. The van der Waals surface area contributed by atoms with E-state index in [-0.39, 0.29) is 23.9 Å². The molecule has 2 aromatic heterocycles. The Hall–Kier alpha value is -3.22. The number of nitrogens with one attached hydrogen (secondary N) is 3. The van der Waals surface area contributed by atoms with Gasteiger partial charge in [0.05, 0.1) is 28.2 Å². The molecule has 0 spiro atoms. The van der Waals surface area contributed by atoms with Gasteiger partial charge in [-0.25, -0.2) is 19.0 Å². The van der Waals surface area contributed by atoms with E-state index >= 15 is 0 Å². The van der Waals surface area contributed by atoms with Crippen molar-refractivity contribution in [2.45, 2.75) is 95.7 Å².